The Bertz CT molecular complexity index is 355. The van der Waals surface area contributed by atoms with Crippen LogP contribution in [-0.4, -0.2) is 30.7 Å². The molecular formula is C12H18N2O3. The lowest BCUT2D eigenvalue weighted by atomic mass is 10.2. The van der Waals surface area contributed by atoms with Crippen LogP contribution in [0.15, 0.2) is 18.3 Å². The van der Waals surface area contributed by atoms with Gasteiger partial charge in [-0.2, -0.15) is 0 Å². The Labute approximate surface area is 101 Å². The predicted molar refractivity (Wildman–Crippen MR) is 63.7 cm³/mol. The first-order valence-electron chi connectivity index (χ1n) is 5.69. The summed E-state index contributed by atoms with van der Waals surface area (Å²) < 4.78 is 10.4. The van der Waals surface area contributed by atoms with Crippen molar-refractivity contribution in [1.29, 1.82) is 0 Å². The minimum Gasteiger partial charge on any atom is -0.478 e. The highest BCUT2D eigenvalue weighted by Gasteiger charge is 2.06. The number of carbonyl (C=O) groups is 1. The molecule has 1 heterocycles. The fraction of sp³-hybridized carbons (Fsp3) is 0.500. The first-order valence-corrected chi connectivity index (χ1v) is 5.69. The van der Waals surface area contributed by atoms with E-state index in [2.05, 4.69) is 10.3 Å². The maximum absolute atomic E-state index is 11.3. The zero-order chi connectivity index (χ0) is 12.5. The second-order valence-electron chi connectivity index (χ2n) is 3.31. The summed E-state index contributed by atoms with van der Waals surface area (Å²) in [6, 6.07) is 3.69. The molecule has 0 radical (unpaired) electrons. The Hall–Kier alpha value is -1.62. The third kappa shape index (κ3) is 4.82. The van der Waals surface area contributed by atoms with Gasteiger partial charge in [-0.15, -0.1) is 0 Å². The van der Waals surface area contributed by atoms with E-state index in [1.807, 2.05) is 26.0 Å². The molecule has 1 aromatic rings. The Morgan fingerprint density at radius 2 is 2.24 bits per heavy atom. The highest BCUT2D eigenvalue weighted by atomic mass is 16.5. The van der Waals surface area contributed by atoms with Crippen molar-refractivity contribution >= 4 is 5.91 Å². The molecule has 0 atom stereocenters. The van der Waals surface area contributed by atoms with E-state index in [1.54, 1.807) is 6.20 Å². The summed E-state index contributed by atoms with van der Waals surface area (Å²) in [5.74, 6) is 0.421. The van der Waals surface area contributed by atoms with Crippen molar-refractivity contribution in [3.8, 4) is 5.88 Å². The van der Waals surface area contributed by atoms with Crippen LogP contribution >= 0.6 is 0 Å². The number of amides is 1. The fourth-order valence-electron chi connectivity index (χ4n) is 1.26. The smallest absolute Gasteiger partial charge is 0.246 e. The average Bonchev–Trinajstić information content (AvgIpc) is 2.35. The molecule has 0 aliphatic carbocycles. The largest absolute Gasteiger partial charge is 0.478 e. The summed E-state index contributed by atoms with van der Waals surface area (Å²) in [5, 5.41) is 2.75. The molecule has 1 N–H and O–H groups in total. The SMILES string of the molecule is CCOCC(=O)NCc1cccnc1OCC. The molecule has 0 aromatic carbocycles. The van der Waals surface area contributed by atoms with Gasteiger partial charge in [0.25, 0.3) is 0 Å². The molecule has 5 nitrogen and oxygen atoms in total. The van der Waals surface area contributed by atoms with Crippen LogP contribution in [0.4, 0.5) is 0 Å². The van der Waals surface area contributed by atoms with Gasteiger partial charge >= 0.3 is 0 Å². The normalized spacial score (nSPS) is 10.0. The van der Waals surface area contributed by atoms with Crippen molar-refractivity contribution in [2.75, 3.05) is 19.8 Å². The number of nitrogens with zero attached hydrogens (tertiary/aromatic N) is 1. The number of aromatic nitrogens is 1. The minimum absolute atomic E-state index is 0.0841. The van der Waals surface area contributed by atoms with E-state index in [0.29, 0.717) is 25.6 Å². The van der Waals surface area contributed by atoms with Gasteiger partial charge in [-0.05, 0) is 19.9 Å². The van der Waals surface area contributed by atoms with Crippen molar-refractivity contribution in [1.82, 2.24) is 10.3 Å². The van der Waals surface area contributed by atoms with Crippen molar-refractivity contribution in [3.63, 3.8) is 0 Å². The van der Waals surface area contributed by atoms with Gasteiger partial charge in [0.05, 0.1) is 6.61 Å². The van der Waals surface area contributed by atoms with Gasteiger partial charge in [-0.1, -0.05) is 6.07 Å². The molecule has 0 aliphatic heterocycles. The molecule has 94 valence electrons. The number of pyridine rings is 1. The summed E-state index contributed by atoms with van der Waals surface area (Å²) in [4.78, 5) is 15.5. The van der Waals surface area contributed by atoms with E-state index in [9.17, 15) is 4.79 Å². The maximum Gasteiger partial charge on any atom is 0.246 e. The number of nitrogens with one attached hydrogen (secondary N) is 1. The Kier molecular flexibility index (Phi) is 6.03. The predicted octanol–water partition coefficient (Wildman–Crippen LogP) is 1.13. The molecule has 0 fully saturated rings. The van der Waals surface area contributed by atoms with Crippen molar-refractivity contribution in [2.24, 2.45) is 0 Å². The molecule has 0 saturated carbocycles. The number of hydrogen-bond acceptors (Lipinski definition) is 4. The number of rotatable bonds is 7. The third-order valence-corrected chi connectivity index (χ3v) is 2.04. The molecule has 0 unspecified atom stereocenters. The van der Waals surface area contributed by atoms with Crippen LogP contribution in [0.25, 0.3) is 0 Å². The van der Waals surface area contributed by atoms with E-state index in [4.69, 9.17) is 9.47 Å². The monoisotopic (exact) mass is 238 g/mol. The standard InChI is InChI=1S/C12H18N2O3/c1-3-16-9-11(15)14-8-10-6-5-7-13-12(10)17-4-2/h5-7H,3-4,8-9H2,1-2H3,(H,14,15). The third-order valence-electron chi connectivity index (χ3n) is 2.04. The summed E-state index contributed by atoms with van der Waals surface area (Å²) in [5.41, 5.74) is 0.860. The van der Waals surface area contributed by atoms with Crippen LogP contribution in [0.1, 0.15) is 19.4 Å². The zero-order valence-corrected chi connectivity index (χ0v) is 10.2. The Morgan fingerprint density at radius 3 is 2.94 bits per heavy atom. The summed E-state index contributed by atoms with van der Waals surface area (Å²) >= 11 is 0. The van der Waals surface area contributed by atoms with E-state index in [-0.39, 0.29) is 12.5 Å². The van der Waals surface area contributed by atoms with E-state index >= 15 is 0 Å². The highest BCUT2D eigenvalue weighted by Crippen LogP contribution is 2.13. The first kappa shape index (κ1) is 13.4. The molecule has 0 bridgehead atoms. The molecule has 1 rings (SSSR count). The Morgan fingerprint density at radius 1 is 1.41 bits per heavy atom. The van der Waals surface area contributed by atoms with Gasteiger partial charge in [-0.25, -0.2) is 4.98 Å². The van der Waals surface area contributed by atoms with Gasteiger partial charge in [0.15, 0.2) is 0 Å². The number of hydrogen-bond donors (Lipinski definition) is 1. The second kappa shape index (κ2) is 7.62. The minimum atomic E-state index is -0.141. The molecule has 0 saturated heterocycles. The van der Waals surface area contributed by atoms with Crippen LogP contribution < -0.4 is 10.1 Å². The van der Waals surface area contributed by atoms with Crippen molar-refractivity contribution < 1.29 is 14.3 Å². The van der Waals surface area contributed by atoms with Crippen LogP contribution in [0.2, 0.25) is 0 Å². The van der Waals surface area contributed by atoms with Crippen molar-refractivity contribution in [2.45, 2.75) is 20.4 Å². The molecular weight excluding hydrogens is 220 g/mol. The van der Waals surface area contributed by atoms with E-state index in [1.165, 1.54) is 0 Å². The van der Waals surface area contributed by atoms with Gasteiger partial charge in [0, 0.05) is 24.9 Å². The van der Waals surface area contributed by atoms with Gasteiger partial charge < -0.3 is 14.8 Å². The summed E-state index contributed by atoms with van der Waals surface area (Å²) in [7, 11) is 0. The molecule has 0 spiro atoms. The molecule has 5 heteroatoms. The average molecular weight is 238 g/mol. The quantitative estimate of drug-likeness (QED) is 0.773. The van der Waals surface area contributed by atoms with E-state index < -0.39 is 0 Å². The molecule has 17 heavy (non-hydrogen) atoms. The van der Waals surface area contributed by atoms with Crippen LogP contribution in [0, 0.1) is 0 Å². The summed E-state index contributed by atoms with van der Waals surface area (Å²) in [6.45, 7) is 5.31. The van der Waals surface area contributed by atoms with Crippen LogP contribution in [0.3, 0.4) is 0 Å². The molecule has 1 aromatic heterocycles. The van der Waals surface area contributed by atoms with Crippen molar-refractivity contribution in [3.05, 3.63) is 23.9 Å². The fourth-order valence-corrected chi connectivity index (χ4v) is 1.26. The summed E-state index contributed by atoms with van der Waals surface area (Å²) in [6.07, 6.45) is 1.66. The topological polar surface area (TPSA) is 60.5 Å². The highest BCUT2D eigenvalue weighted by molar-refractivity contribution is 5.77. The van der Waals surface area contributed by atoms with Crippen LogP contribution in [-0.2, 0) is 16.1 Å². The zero-order valence-electron chi connectivity index (χ0n) is 10.2. The lowest BCUT2D eigenvalue weighted by Crippen LogP contribution is -2.27. The maximum atomic E-state index is 11.3. The van der Waals surface area contributed by atoms with Gasteiger partial charge in [0.1, 0.15) is 6.61 Å². The molecule has 0 aliphatic rings. The Balaban J connectivity index is 2.47. The number of carbonyl (C=O) groups excluding carboxylic acids is 1. The lowest BCUT2D eigenvalue weighted by Gasteiger charge is -2.09. The first-order chi connectivity index (χ1) is 8.27. The lowest BCUT2D eigenvalue weighted by molar-refractivity contribution is -0.125. The van der Waals surface area contributed by atoms with Gasteiger partial charge in [-0.3, -0.25) is 4.79 Å². The van der Waals surface area contributed by atoms with Gasteiger partial charge in [0.2, 0.25) is 11.8 Å². The van der Waals surface area contributed by atoms with Crippen LogP contribution in [0.5, 0.6) is 5.88 Å². The second-order valence-corrected chi connectivity index (χ2v) is 3.31. The molecule has 1 amide bonds. The number of ether oxygens (including phenoxy) is 2. The van der Waals surface area contributed by atoms with E-state index in [0.717, 1.165) is 5.56 Å².